The molecule has 0 aliphatic rings. The van der Waals surface area contributed by atoms with E-state index >= 15 is 0 Å². The molecule has 0 spiro atoms. The van der Waals surface area contributed by atoms with Gasteiger partial charge in [-0.3, -0.25) is 9.78 Å². The Balaban J connectivity index is 1.72. The summed E-state index contributed by atoms with van der Waals surface area (Å²) in [4.78, 5) is 16.8. The number of rotatable bonds is 5. The Hall–Kier alpha value is -2.88. The first kappa shape index (κ1) is 16.0. The SMILES string of the molecule is CCOc1ccc(C(C)NC(=O)c2ccc3ncccc3c2)cc1. The summed E-state index contributed by atoms with van der Waals surface area (Å²) in [6.45, 7) is 4.56. The van der Waals surface area contributed by atoms with Gasteiger partial charge in [-0.15, -0.1) is 0 Å². The maximum atomic E-state index is 12.5. The number of pyridine rings is 1. The standard InChI is InChI=1S/C20H20N2O2/c1-3-24-18-9-6-15(7-10-18)14(2)22-20(23)17-8-11-19-16(13-17)5-4-12-21-19/h4-14H,3H2,1-2H3,(H,22,23). The summed E-state index contributed by atoms with van der Waals surface area (Å²) in [5.41, 5.74) is 2.55. The van der Waals surface area contributed by atoms with Crippen LogP contribution < -0.4 is 10.1 Å². The zero-order valence-corrected chi connectivity index (χ0v) is 13.8. The van der Waals surface area contributed by atoms with Crippen LogP contribution in [0.3, 0.4) is 0 Å². The number of ether oxygens (including phenoxy) is 1. The van der Waals surface area contributed by atoms with Crippen molar-refractivity contribution < 1.29 is 9.53 Å². The molecule has 0 bridgehead atoms. The molecule has 3 rings (SSSR count). The summed E-state index contributed by atoms with van der Waals surface area (Å²) < 4.78 is 5.44. The first-order chi connectivity index (χ1) is 11.7. The third-order valence-electron chi connectivity index (χ3n) is 3.90. The number of aromatic nitrogens is 1. The van der Waals surface area contributed by atoms with Crippen LogP contribution in [0.25, 0.3) is 10.9 Å². The highest BCUT2D eigenvalue weighted by Crippen LogP contribution is 2.19. The average molecular weight is 320 g/mol. The number of hydrogen-bond acceptors (Lipinski definition) is 3. The predicted molar refractivity (Wildman–Crippen MR) is 95.2 cm³/mol. The van der Waals surface area contributed by atoms with E-state index in [-0.39, 0.29) is 11.9 Å². The molecule has 4 heteroatoms. The number of carbonyl (C=O) groups is 1. The Morgan fingerprint density at radius 2 is 1.96 bits per heavy atom. The van der Waals surface area contributed by atoms with Crippen molar-refractivity contribution in [2.75, 3.05) is 6.61 Å². The minimum absolute atomic E-state index is 0.0854. The van der Waals surface area contributed by atoms with Crippen molar-refractivity contribution in [3.8, 4) is 5.75 Å². The average Bonchev–Trinajstić information content (AvgIpc) is 2.62. The molecule has 1 N–H and O–H groups in total. The molecule has 0 aliphatic carbocycles. The molecule has 0 fully saturated rings. The number of fused-ring (bicyclic) bond motifs is 1. The summed E-state index contributed by atoms with van der Waals surface area (Å²) in [5, 5.41) is 3.99. The highest BCUT2D eigenvalue weighted by atomic mass is 16.5. The number of nitrogens with one attached hydrogen (secondary N) is 1. The molecule has 0 radical (unpaired) electrons. The van der Waals surface area contributed by atoms with Gasteiger partial charge in [-0.2, -0.15) is 0 Å². The fourth-order valence-electron chi connectivity index (χ4n) is 2.60. The third-order valence-corrected chi connectivity index (χ3v) is 3.90. The maximum Gasteiger partial charge on any atom is 0.251 e. The van der Waals surface area contributed by atoms with E-state index in [4.69, 9.17) is 4.74 Å². The zero-order valence-electron chi connectivity index (χ0n) is 13.8. The van der Waals surface area contributed by atoms with Crippen LogP contribution in [0.15, 0.2) is 60.8 Å². The Kier molecular flexibility index (Phi) is 4.75. The second-order valence-electron chi connectivity index (χ2n) is 5.61. The molecular formula is C20H20N2O2. The minimum atomic E-state index is -0.0952. The summed E-state index contributed by atoms with van der Waals surface area (Å²) in [5.74, 6) is 0.740. The molecule has 1 heterocycles. The molecule has 1 amide bonds. The molecule has 24 heavy (non-hydrogen) atoms. The molecule has 1 atom stereocenters. The van der Waals surface area contributed by atoms with Crippen molar-refractivity contribution in [2.45, 2.75) is 19.9 Å². The Bertz CT molecular complexity index is 844. The lowest BCUT2D eigenvalue weighted by Crippen LogP contribution is -2.26. The van der Waals surface area contributed by atoms with E-state index < -0.39 is 0 Å². The van der Waals surface area contributed by atoms with E-state index in [2.05, 4.69) is 10.3 Å². The van der Waals surface area contributed by atoms with Crippen LogP contribution in [-0.2, 0) is 0 Å². The van der Waals surface area contributed by atoms with E-state index in [1.54, 1.807) is 12.3 Å². The number of hydrogen-bond donors (Lipinski definition) is 1. The number of amides is 1. The van der Waals surface area contributed by atoms with Gasteiger partial charge in [0.1, 0.15) is 5.75 Å². The summed E-state index contributed by atoms with van der Waals surface area (Å²) in [6, 6.07) is 17.1. The first-order valence-corrected chi connectivity index (χ1v) is 8.06. The van der Waals surface area contributed by atoms with Gasteiger partial charge in [0, 0.05) is 17.1 Å². The van der Waals surface area contributed by atoms with Crippen LogP contribution in [0.1, 0.15) is 35.8 Å². The molecular weight excluding hydrogens is 300 g/mol. The molecule has 0 saturated carbocycles. The fourth-order valence-corrected chi connectivity index (χ4v) is 2.60. The zero-order chi connectivity index (χ0) is 16.9. The number of nitrogens with zero attached hydrogens (tertiary/aromatic N) is 1. The van der Waals surface area contributed by atoms with Gasteiger partial charge in [-0.05, 0) is 55.8 Å². The Morgan fingerprint density at radius 1 is 1.17 bits per heavy atom. The molecule has 1 unspecified atom stereocenters. The van der Waals surface area contributed by atoms with Crippen molar-refractivity contribution in [3.63, 3.8) is 0 Å². The van der Waals surface area contributed by atoms with Crippen molar-refractivity contribution in [3.05, 3.63) is 71.9 Å². The summed E-state index contributed by atoms with van der Waals surface area (Å²) in [6.07, 6.45) is 1.75. The van der Waals surface area contributed by atoms with Crippen LogP contribution in [0.5, 0.6) is 5.75 Å². The minimum Gasteiger partial charge on any atom is -0.494 e. The first-order valence-electron chi connectivity index (χ1n) is 8.06. The van der Waals surface area contributed by atoms with Crippen LogP contribution in [0, 0.1) is 0 Å². The molecule has 4 nitrogen and oxygen atoms in total. The van der Waals surface area contributed by atoms with Crippen LogP contribution in [-0.4, -0.2) is 17.5 Å². The predicted octanol–water partition coefficient (Wildman–Crippen LogP) is 4.12. The van der Waals surface area contributed by atoms with E-state index in [1.807, 2.05) is 62.4 Å². The van der Waals surface area contributed by atoms with E-state index in [9.17, 15) is 4.79 Å². The molecule has 3 aromatic rings. The van der Waals surface area contributed by atoms with Gasteiger partial charge in [-0.25, -0.2) is 0 Å². The van der Waals surface area contributed by atoms with Crippen molar-refractivity contribution in [1.29, 1.82) is 0 Å². The summed E-state index contributed by atoms with van der Waals surface area (Å²) in [7, 11) is 0. The Labute approximate surface area is 141 Å². The van der Waals surface area contributed by atoms with Gasteiger partial charge in [0.25, 0.3) is 5.91 Å². The van der Waals surface area contributed by atoms with Gasteiger partial charge in [0.15, 0.2) is 0 Å². The second kappa shape index (κ2) is 7.13. The topological polar surface area (TPSA) is 51.2 Å². The molecule has 122 valence electrons. The van der Waals surface area contributed by atoms with Crippen LogP contribution in [0.2, 0.25) is 0 Å². The van der Waals surface area contributed by atoms with E-state index in [1.165, 1.54) is 0 Å². The van der Waals surface area contributed by atoms with Crippen LogP contribution in [0.4, 0.5) is 0 Å². The lowest BCUT2D eigenvalue weighted by atomic mass is 10.1. The van der Waals surface area contributed by atoms with Gasteiger partial charge in [0.05, 0.1) is 18.2 Å². The normalized spacial score (nSPS) is 11.9. The van der Waals surface area contributed by atoms with Crippen molar-refractivity contribution >= 4 is 16.8 Å². The monoisotopic (exact) mass is 320 g/mol. The number of benzene rings is 2. The molecule has 2 aromatic carbocycles. The van der Waals surface area contributed by atoms with E-state index in [0.29, 0.717) is 12.2 Å². The smallest absolute Gasteiger partial charge is 0.251 e. The van der Waals surface area contributed by atoms with Crippen molar-refractivity contribution in [2.24, 2.45) is 0 Å². The quantitative estimate of drug-likeness (QED) is 0.769. The van der Waals surface area contributed by atoms with Gasteiger partial charge in [0.2, 0.25) is 0 Å². The highest BCUT2D eigenvalue weighted by molar-refractivity contribution is 5.98. The van der Waals surface area contributed by atoms with E-state index in [0.717, 1.165) is 22.2 Å². The third kappa shape index (κ3) is 3.54. The van der Waals surface area contributed by atoms with Gasteiger partial charge < -0.3 is 10.1 Å². The fraction of sp³-hybridized carbons (Fsp3) is 0.200. The lowest BCUT2D eigenvalue weighted by molar-refractivity contribution is 0.0940. The van der Waals surface area contributed by atoms with Crippen LogP contribution >= 0.6 is 0 Å². The highest BCUT2D eigenvalue weighted by Gasteiger charge is 2.12. The molecule has 0 aliphatic heterocycles. The summed E-state index contributed by atoms with van der Waals surface area (Å²) >= 11 is 0. The van der Waals surface area contributed by atoms with Gasteiger partial charge in [-0.1, -0.05) is 18.2 Å². The number of carbonyl (C=O) groups excluding carboxylic acids is 1. The maximum absolute atomic E-state index is 12.5. The Morgan fingerprint density at radius 3 is 2.71 bits per heavy atom. The molecule has 0 saturated heterocycles. The van der Waals surface area contributed by atoms with Gasteiger partial charge >= 0.3 is 0 Å². The van der Waals surface area contributed by atoms with Crippen molar-refractivity contribution in [1.82, 2.24) is 10.3 Å². The second-order valence-corrected chi connectivity index (χ2v) is 5.61. The largest absolute Gasteiger partial charge is 0.494 e. The lowest BCUT2D eigenvalue weighted by Gasteiger charge is -2.15. The molecule has 1 aromatic heterocycles.